The van der Waals surface area contributed by atoms with Crippen molar-refractivity contribution in [3.8, 4) is 0 Å². The van der Waals surface area contributed by atoms with Gasteiger partial charge in [0.25, 0.3) is 6.43 Å². The third-order valence-corrected chi connectivity index (χ3v) is 3.78. The van der Waals surface area contributed by atoms with Crippen LogP contribution in [0, 0.1) is 0 Å². The summed E-state index contributed by atoms with van der Waals surface area (Å²) in [5.41, 5.74) is 1.03. The Morgan fingerprint density at radius 2 is 1.79 bits per heavy atom. The van der Waals surface area contributed by atoms with Crippen LogP contribution in [-0.2, 0) is 6.54 Å². The molecule has 1 aromatic rings. The number of aliphatic hydroxyl groups is 1. The zero-order valence-electron chi connectivity index (χ0n) is 11.0. The second kappa shape index (κ2) is 6.96. The molecule has 0 amide bonds. The van der Waals surface area contributed by atoms with Crippen molar-refractivity contribution in [1.82, 2.24) is 5.32 Å². The molecular formula is C15H21F2NO. The molecule has 1 aliphatic carbocycles. The van der Waals surface area contributed by atoms with Crippen molar-refractivity contribution in [3.63, 3.8) is 0 Å². The van der Waals surface area contributed by atoms with Gasteiger partial charge in [-0.15, -0.1) is 0 Å². The van der Waals surface area contributed by atoms with Crippen LogP contribution in [0.2, 0.25) is 0 Å². The number of rotatable bonds is 4. The van der Waals surface area contributed by atoms with Gasteiger partial charge < -0.3 is 10.4 Å². The topological polar surface area (TPSA) is 32.3 Å². The lowest BCUT2D eigenvalue weighted by Gasteiger charge is -2.21. The Labute approximate surface area is 112 Å². The van der Waals surface area contributed by atoms with Crippen molar-refractivity contribution in [2.45, 2.75) is 57.2 Å². The van der Waals surface area contributed by atoms with Crippen LogP contribution < -0.4 is 5.32 Å². The van der Waals surface area contributed by atoms with Crippen LogP contribution >= 0.6 is 0 Å². The predicted octanol–water partition coefficient (Wildman–Crippen LogP) is 3.41. The van der Waals surface area contributed by atoms with Crippen LogP contribution in [0.15, 0.2) is 24.3 Å². The van der Waals surface area contributed by atoms with Crippen molar-refractivity contribution < 1.29 is 13.9 Å². The fourth-order valence-corrected chi connectivity index (χ4v) is 2.56. The standard InChI is InChI=1S/C15H21F2NO/c16-15(17)12-8-6-11(7-9-12)10-18-13-4-2-1-3-5-14(13)19/h6-9,13-15,18-19H,1-5,10H2. The van der Waals surface area contributed by atoms with Crippen molar-refractivity contribution >= 4 is 0 Å². The van der Waals surface area contributed by atoms with Crippen molar-refractivity contribution in [2.24, 2.45) is 0 Å². The molecule has 1 aromatic carbocycles. The highest BCUT2D eigenvalue weighted by molar-refractivity contribution is 5.23. The minimum atomic E-state index is -2.41. The van der Waals surface area contributed by atoms with E-state index in [2.05, 4.69) is 5.32 Å². The molecule has 106 valence electrons. The molecule has 2 unspecified atom stereocenters. The van der Waals surface area contributed by atoms with Gasteiger partial charge in [0.1, 0.15) is 0 Å². The lowest BCUT2D eigenvalue weighted by Crippen LogP contribution is -2.38. The fraction of sp³-hybridized carbons (Fsp3) is 0.600. The van der Waals surface area contributed by atoms with E-state index >= 15 is 0 Å². The molecule has 0 saturated heterocycles. The van der Waals surface area contributed by atoms with Crippen molar-refractivity contribution in [3.05, 3.63) is 35.4 Å². The summed E-state index contributed by atoms with van der Waals surface area (Å²) in [7, 11) is 0. The summed E-state index contributed by atoms with van der Waals surface area (Å²) in [5.74, 6) is 0. The first-order chi connectivity index (χ1) is 9.16. The highest BCUT2D eigenvalue weighted by atomic mass is 19.3. The number of alkyl halides is 2. The van der Waals surface area contributed by atoms with Crippen LogP contribution in [0.1, 0.15) is 49.7 Å². The quantitative estimate of drug-likeness (QED) is 0.821. The summed E-state index contributed by atoms with van der Waals surface area (Å²) in [6.45, 7) is 0.616. The van der Waals surface area contributed by atoms with E-state index in [1.807, 2.05) is 0 Å². The number of benzene rings is 1. The number of hydrogen-bond acceptors (Lipinski definition) is 2. The Morgan fingerprint density at radius 3 is 2.47 bits per heavy atom. The number of halogens is 2. The summed E-state index contributed by atoms with van der Waals surface area (Å²) in [6.07, 6.45) is 2.53. The largest absolute Gasteiger partial charge is 0.392 e. The SMILES string of the molecule is OC1CCCCCC1NCc1ccc(C(F)F)cc1. The Kier molecular flexibility index (Phi) is 5.28. The van der Waals surface area contributed by atoms with Gasteiger partial charge >= 0.3 is 0 Å². The Morgan fingerprint density at radius 1 is 1.11 bits per heavy atom. The molecule has 4 heteroatoms. The molecular weight excluding hydrogens is 248 g/mol. The highest BCUT2D eigenvalue weighted by Gasteiger charge is 2.20. The van der Waals surface area contributed by atoms with Gasteiger partial charge in [0.15, 0.2) is 0 Å². The molecule has 1 aliphatic rings. The van der Waals surface area contributed by atoms with E-state index in [-0.39, 0.29) is 17.7 Å². The summed E-state index contributed by atoms with van der Waals surface area (Å²) >= 11 is 0. The molecule has 0 aliphatic heterocycles. The highest BCUT2D eigenvalue weighted by Crippen LogP contribution is 2.20. The van der Waals surface area contributed by atoms with Crippen molar-refractivity contribution in [1.29, 1.82) is 0 Å². The fourth-order valence-electron chi connectivity index (χ4n) is 2.56. The Hall–Kier alpha value is -1.00. The van der Waals surface area contributed by atoms with Gasteiger partial charge in [-0.25, -0.2) is 8.78 Å². The first-order valence-electron chi connectivity index (χ1n) is 6.95. The summed E-state index contributed by atoms with van der Waals surface area (Å²) < 4.78 is 24.8. The zero-order chi connectivity index (χ0) is 13.7. The third kappa shape index (κ3) is 4.25. The summed E-state index contributed by atoms with van der Waals surface area (Å²) in [4.78, 5) is 0. The van der Waals surface area contributed by atoms with E-state index in [4.69, 9.17) is 0 Å². The van der Waals surface area contributed by atoms with Gasteiger partial charge in [-0.1, -0.05) is 43.5 Å². The molecule has 0 spiro atoms. The average molecular weight is 269 g/mol. The zero-order valence-corrected chi connectivity index (χ0v) is 11.0. The predicted molar refractivity (Wildman–Crippen MR) is 71.1 cm³/mol. The molecule has 1 fully saturated rings. The Balaban J connectivity index is 1.87. The van der Waals surface area contributed by atoms with Crippen LogP contribution in [0.25, 0.3) is 0 Å². The molecule has 0 heterocycles. The number of hydrogen-bond donors (Lipinski definition) is 2. The van der Waals surface area contributed by atoms with Crippen LogP contribution in [0.3, 0.4) is 0 Å². The number of nitrogens with one attached hydrogen (secondary N) is 1. The monoisotopic (exact) mass is 269 g/mol. The molecule has 2 atom stereocenters. The maximum absolute atomic E-state index is 12.4. The summed E-state index contributed by atoms with van der Waals surface area (Å²) in [6, 6.07) is 6.49. The van der Waals surface area contributed by atoms with Gasteiger partial charge in [0.2, 0.25) is 0 Å². The summed E-state index contributed by atoms with van der Waals surface area (Å²) in [5, 5.41) is 13.3. The maximum Gasteiger partial charge on any atom is 0.263 e. The molecule has 2 nitrogen and oxygen atoms in total. The minimum Gasteiger partial charge on any atom is -0.392 e. The van der Waals surface area contributed by atoms with Gasteiger partial charge in [-0.2, -0.15) is 0 Å². The smallest absolute Gasteiger partial charge is 0.263 e. The maximum atomic E-state index is 12.4. The molecule has 0 radical (unpaired) electrons. The molecule has 19 heavy (non-hydrogen) atoms. The molecule has 0 bridgehead atoms. The molecule has 0 aromatic heterocycles. The van der Waals surface area contributed by atoms with E-state index in [1.54, 1.807) is 12.1 Å². The third-order valence-electron chi connectivity index (χ3n) is 3.78. The normalized spacial score (nSPS) is 24.4. The second-order valence-electron chi connectivity index (χ2n) is 5.24. The molecule has 1 saturated carbocycles. The lowest BCUT2D eigenvalue weighted by atomic mass is 10.1. The first-order valence-corrected chi connectivity index (χ1v) is 6.95. The van der Waals surface area contributed by atoms with Crippen LogP contribution in [0.4, 0.5) is 8.78 Å². The van der Waals surface area contributed by atoms with Gasteiger partial charge in [0, 0.05) is 18.2 Å². The van der Waals surface area contributed by atoms with E-state index in [0.29, 0.717) is 6.54 Å². The van der Waals surface area contributed by atoms with E-state index in [1.165, 1.54) is 18.6 Å². The Bertz CT molecular complexity index is 380. The van der Waals surface area contributed by atoms with Crippen molar-refractivity contribution in [2.75, 3.05) is 0 Å². The van der Waals surface area contributed by atoms with Gasteiger partial charge in [0.05, 0.1) is 6.10 Å². The molecule has 2 rings (SSSR count). The van der Waals surface area contributed by atoms with E-state index in [0.717, 1.165) is 31.2 Å². The van der Waals surface area contributed by atoms with Gasteiger partial charge in [-0.3, -0.25) is 0 Å². The minimum absolute atomic E-state index is 0.0539. The van der Waals surface area contributed by atoms with E-state index in [9.17, 15) is 13.9 Å². The molecule has 2 N–H and O–H groups in total. The van der Waals surface area contributed by atoms with Gasteiger partial charge in [-0.05, 0) is 18.4 Å². The number of aliphatic hydroxyl groups excluding tert-OH is 1. The van der Waals surface area contributed by atoms with Crippen LogP contribution in [0.5, 0.6) is 0 Å². The van der Waals surface area contributed by atoms with E-state index < -0.39 is 6.43 Å². The van der Waals surface area contributed by atoms with Crippen LogP contribution in [-0.4, -0.2) is 17.3 Å². The average Bonchev–Trinajstić information content (AvgIpc) is 2.61. The first kappa shape index (κ1) is 14.4. The lowest BCUT2D eigenvalue weighted by molar-refractivity contribution is 0.119. The second-order valence-corrected chi connectivity index (χ2v) is 5.24.